The van der Waals surface area contributed by atoms with Gasteiger partial charge in [0, 0.05) is 24.4 Å². The van der Waals surface area contributed by atoms with Crippen LogP contribution in [0.2, 0.25) is 0 Å². The van der Waals surface area contributed by atoms with Crippen LogP contribution in [0.25, 0.3) is 28.4 Å². The van der Waals surface area contributed by atoms with Crippen LogP contribution in [0.15, 0.2) is 36.7 Å². The van der Waals surface area contributed by atoms with Crippen molar-refractivity contribution in [2.24, 2.45) is 7.05 Å². The topological polar surface area (TPSA) is 107 Å². The van der Waals surface area contributed by atoms with E-state index >= 15 is 0 Å². The molecule has 4 aromatic rings. The number of nitrogens with zero attached hydrogens (tertiary/aromatic N) is 6. The van der Waals surface area contributed by atoms with Gasteiger partial charge in [-0.2, -0.15) is 13.9 Å². The molecule has 0 aliphatic carbocycles. The highest BCUT2D eigenvalue weighted by Gasteiger charge is 2.37. The first-order chi connectivity index (χ1) is 13.7. The molecule has 1 atom stereocenters. The van der Waals surface area contributed by atoms with E-state index in [2.05, 4.69) is 20.2 Å². The number of hydrogen-bond donors (Lipinski definition) is 2. The molecule has 0 radical (unpaired) electrons. The highest BCUT2D eigenvalue weighted by molar-refractivity contribution is 5.72. The van der Waals surface area contributed by atoms with Crippen LogP contribution in [-0.4, -0.2) is 40.6 Å². The predicted octanol–water partition coefficient (Wildman–Crippen LogP) is 2.56. The molecule has 0 saturated carbocycles. The van der Waals surface area contributed by atoms with Crippen molar-refractivity contribution in [3.63, 3.8) is 0 Å². The number of aryl methyl sites for hydroxylation is 2. The number of fused-ring (bicyclic) bond motifs is 1. The van der Waals surface area contributed by atoms with Gasteiger partial charge in [-0.05, 0) is 31.5 Å². The fourth-order valence-corrected chi connectivity index (χ4v) is 3.13. The second-order valence-electron chi connectivity index (χ2n) is 6.87. The minimum absolute atomic E-state index is 0.158. The van der Waals surface area contributed by atoms with Gasteiger partial charge in [0.15, 0.2) is 17.3 Å². The second kappa shape index (κ2) is 6.59. The van der Waals surface area contributed by atoms with E-state index in [4.69, 9.17) is 5.73 Å². The van der Waals surface area contributed by atoms with Gasteiger partial charge in [0.25, 0.3) is 5.92 Å². The minimum atomic E-state index is -3.39. The summed E-state index contributed by atoms with van der Waals surface area (Å²) in [5, 5.41) is 18.1. The highest BCUT2D eigenvalue weighted by Crippen LogP contribution is 2.35. The van der Waals surface area contributed by atoms with E-state index in [1.807, 2.05) is 0 Å². The van der Waals surface area contributed by atoms with Crippen molar-refractivity contribution in [2.75, 3.05) is 5.73 Å². The summed E-state index contributed by atoms with van der Waals surface area (Å²) in [6, 6.07) is 5.96. The number of aromatic nitrogens is 6. The van der Waals surface area contributed by atoms with E-state index in [1.165, 1.54) is 22.8 Å². The average Bonchev–Trinajstić information content (AvgIpc) is 3.28. The van der Waals surface area contributed by atoms with Gasteiger partial charge in [0.2, 0.25) is 0 Å². The van der Waals surface area contributed by atoms with Gasteiger partial charge < -0.3 is 10.8 Å². The Bertz CT molecular complexity index is 1210. The van der Waals surface area contributed by atoms with Gasteiger partial charge >= 0.3 is 0 Å². The SMILES string of the molecule is Cc1ccc(C(F)(F)C(C)O)cc1-c1cnc2c(N)nc(-c3ccnn3C)nn12. The second-order valence-corrected chi connectivity index (χ2v) is 6.87. The fraction of sp³-hybridized carbons (Fsp3) is 0.263. The van der Waals surface area contributed by atoms with Gasteiger partial charge in [-0.25, -0.2) is 14.5 Å². The Morgan fingerprint density at radius 1 is 1.21 bits per heavy atom. The number of nitrogen functional groups attached to an aromatic ring is 1. The van der Waals surface area contributed by atoms with Crippen LogP contribution in [0, 0.1) is 6.92 Å². The quantitative estimate of drug-likeness (QED) is 0.546. The van der Waals surface area contributed by atoms with E-state index in [1.54, 1.807) is 37.0 Å². The summed E-state index contributed by atoms with van der Waals surface area (Å²) in [5.74, 6) is -2.90. The normalized spacial score (nSPS) is 13.2. The molecule has 0 bridgehead atoms. The predicted molar refractivity (Wildman–Crippen MR) is 103 cm³/mol. The number of aliphatic hydroxyl groups excluding tert-OH is 1. The largest absolute Gasteiger partial charge is 0.387 e. The van der Waals surface area contributed by atoms with Crippen LogP contribution >= 0.6 is 0 Å². The average molecular weight is 399 g/mol. The monoisotopic (exact) mass is 399 g/mol. The molecule has 3 aromatic heterocycles. The van der Waals surface area contributed by atoms with E-state index in [0.717, 1.165) is 12.5 Å². The lowest BCUT2D eigenvalue weighted by Gasteiger charge is -2.21. The van der Waals surface area contributed by atoms with E-state index in [0.29, 0.717) is 28.4 Å². The zero-order chi connectivity index (χ0) is 20.9. The van der Waals surface area contributed by atoms with Crippen molar-refractivity contribution in [3.05, 3.63) is 47.8 Å². The molecule has 0 aliphatic heterocycles. The highest BCUT2D eigenvalue weighted by atomic mass is 19.3. The van der Waals surface area contributed by atoms with Crippen LogP contribution in [0.4, 0.5) is 14.6 Å². The Hall–Kier alpha value is -3.40. The van der Waals surface area contributed by atoms with E-state index in [-0.39, 0.29) is 11.4 Å². The molecule has 3 heterocycles. The fourth-order valence-electron chi connectivity index (χ4n) is 3.13. The molecule has 0 fully saturated rings. The first-order valence-corrected chi connectivity index (χ1v) is 8.87. The third-order valence-corrected chi connectivity index (χ3v) is 4.86. The molecule has 0 saturated heterocycles. The van der Waals surface area contributed by atoms with Crippen LogP contribution < -0.4 is 5.73 Å². The van der Waals surface area contributed by atoms with Crippen molar-refractivity contribution in [1.82, 2.24) is 29.4 Å². The number of alkyl halides is 2. The molecule has 29 heavy (non-hydrogen) atoms. The van der Waals surface area contributed by atoms with Crippen molar-refractivity contribution < 1.29 is 13.9 Å². The third-order valence-electron chi connectivity index (χ3n) is 4.86. The number of halogens is 2. The first-order valence-electron chi connectivity index (χ1n) is 8.87. The summed E-state index contributed by atoms with van der Waals surface area (Å²) in [4.78, 5) is 8.54. The lowest BCUT2D eigenvalue weighted by molar-refractivity contribution is -0.106. The standard InChI is InChI=1S/C19H19F2N7O/c1-10-4-5-12(19(20,21)11(2)29)8-13(10)15-9-23-18-16(22)25-17(26-28(15)18)14-6-7-24-27(14)3/h4-9,11,29H,1-3H3,(H2,22,25,26). The Balaban J connectivity index is 1.93. The molecular formula is C19H19F2N7O. The Labute approximate surface area is 164 Å². The molecule has 0 spiro atoms. The Morgan fingerprint density at radius 3 is 2.62 bits per heavy atom. The number of aliphatic hydroxyl groups is 1. The first kappa shape index (κ1) is 18.9. The summed E-state index contributed by atoms with van der Waals surface area (Å²) in [7, 11) is 1.75. The number of benzene rings is 1. The van der Waals surface area contributed by atoms with Crippen molar-refractivity contribution in [2.45, 2.75) is 25.9 Å². The van der Waals surface area contributed by atoms with Gasteiger partial charge in [-0.3, -0.25) is 4.68 Å². The number of anilines is 1. The number of imidazole rings is 1. The summed E-state index contributed by atoms with van der Waals surface area (Å²) in [6.45, 7) is 2.85. The minimum Gasteiger partial charge on any atom is -0.387 e. The van der Waals surface area contributed by atoms with Crippen LogP contribution in [0.3, 0.4) is 0 Å². The van der Waals surface area contributed by atoms with Gasteiger partial charge in [-0.15, -0.1) is 5.10 Å². The zero-order valence-electron chi connectivity index (χ0n) is 16.0. The molecule has 0 aliphatic rings. The van der Waals surface area contributed by atoms with E-state index in [9.17, 15) is 13.9 Å². The maximum atomic E-state index is 14.4. The van der Waals surface area contributed by atoms with Crippen LogP contribution in [0.5, 0.6) is 0 Å². The van der Waals surface area contributed by atoms with Gasteiger partial charge in [-0.1, -0.05) is 12.1 Å². The van der Waals surface area contributed by atoms with Gasteiger partial charge in [0.05, 0.1) is 11.9 Å². The van der Waals surface area contributed by atoms with Crippen molar-refractivity contribution >= 4 is 11.5 Å². The lowest BCUT2D eigenvalue weighted by Crippen LogP contribution is -2.28. The summed E-state index contributed by atoms with van der Waals surface area (Å²) >= 11 is 0. The molecule has 3 N–H and O–H groups in total. The molecule has 10 heteroatoms. The number of rotatable bonds is 4. The zero-order valence-corrected chi connectivity index (χ0v) is 16.0. The smallest absolute Gasteiger partial charge is 0.298 e. The van der Waals surface area contributed by atoms with Crippen LogP contribution in [0.1, 0.15) is 18.1 Å². The number of hydrogen-bond acceptors (Lipinski definition) is 6. The molecule has 1 unspecified atom stereocenters. The van der Waals surface area contributed by atoms with Crippen LogP contribution in [-0.2, 0) is 13.0 Å². The number of nitrogens with two attached hydrogens (primary N) is 1. The molecule has 8 nitrogen and oxygen atoms in total. The Kier molecular flexibility index (Phi) is 4.30. The molecule has 4 rings (SSSR count). The van der Waals surface area contributed by atoms with E-state index < -0.39 is 12.0 Å². The summed E-state index contributed by atoms with van der Waals surface area (Å²) in [5.41, 5.74) is 8.47. The third kappa shape index (κ3) is 3.01. The van der Waals surface area contributed by atoms with Gasteiger partial charge in [0.1, 0.15) is 11.8 Å². The molecule has 0 amide bonds. The Morgan fingerprint density at radius 2 is 1.97 bits per heavy atom. The molecule has 150 valence electrons. The molecular weight excluding hydrogens is 380 g/mol. The lowest BCUT2D eigenvalue weighted by atomic mass is 9.97. The molecule has 1 aromatic carbocycles. The van der Waals surface area contributed by atoms with Crippen molar-refractivity contribution in [1.29, 1.82) is 0 Å². The van der Waals surface area contributed by atoms with Crippen molar-refractivity contribution in [3.8, 4) is 22.8 Å². The summed E-state index contributed by atoms with van der Waals surface area (Å²) in [6.07, 6.45) is 1.30. The maximum Gasteiger partial charge on any atom is 0.298 e. The maximum absolute atomic E-state index is 14.4. The summed E-state index contributed by atoms with van der Waals surface area (Å²) < 4.78 is 31.8.